The highest BCUT2D eigenvalue weighted by Gasteiger charge is 2.23. The number of piperazine rings is 1. The molecule has 0 saturated carbocycles. The number of rotatable bonds is 1. The number of hydrogen-bond acceptors (Lipinski definition) is 3. The Balaban J connectivity index is 1.67. The van der Waals surface area contributed by atoms with Gasteiger partial charge in [0.25, 0.3) is 0 Å². The summed E-state index contributed by atoms with van der Waals surface area (Å²) in [6.07, 6.45) is 1.36. The van der Waals surface area contributed by atoms with Gasteiger partial charge in [0, 0.05) is 58.1 Å². The Morgan fingerprint density at radius 1 is 1.14 bits per heavy atom. The molecular formula is C16H22N4O2. The smallest absolute Gasteiger partial charge is 0.319 e. The van der Waals surface area contributed by atoms with E-state index in [1.807, 2.05) is 17.0 Å². The Morgan fingerprint density at radius 2 is 1.86 bits per heavy atom. The van der Waals surface area contributed by atoms with E-state index >= 15 is 0 Å². The van der Waals surface area contributed by atoms with Crippen LogP contribution in [0.5, 0.6) is 0 Å². The molecule has 0 aromatic heterocycles. The third-order valence-corrected chi connectivity index (χ3v) is 4.28. The highest BCUT2D eigenvalue weighted by atomic mass is 16.2. The molecular weight excluding hydrogens is 280 g/mol. The van der Waals surface area contributed by atoms with E-state index in [4.69, 9.17) is 0 Å². The van der Waals surface area contributed by atoms with E-state index in [0.717, 1.165) is 38.3 Å². The predicted molar refractivity (Wildman–Crippen MR) is 86.3 cm³/mol. The number of fused-ring (bicyclic) bond motifs is 1. The number of hydrogen-bond donors (Lipinski definition) is 1. The quantitative estimate of drug-likeness (QED) is 0.852. The second-order valence-electron chi connectivity index (χ2n) is 6.04. The molecule has 0 unspecified atom stereocenters. The predicted octanol–water partition coefficient (Wildman–Crippen LogP) is 1.37. The number of carbonyl (C=O) groups excluding carboxylic acids is 2. The standard InChI is InChI=1S/C16H22N4O2/c1-18(2)16(22)20-9-7-19(8-10-20)13-4-5-14-12(11-13)3-6-15(21)17-14/h4-5,11H,3,6-10H2,1-2H3,(H,17,21). The molecule has 2 aliphatic heterocycles. The average Bonchev–Trinajstić information content (AvgIpc) is 2.53. The Labute approximate surface area is 130 Å². The number of benzene rings is 1. The fraction of sp³-hybridized carbons (Fsp3) is 0.500. The molecule has 6 heteroatoms. The SMILES string of the molecule is CN(C)C(=O)N1CCN(c2ccc3c(c2)CCC(=O)N3)CC1. The molecule has 0 atom stereocenters. The van der Waals surface area contributed by atoms with Gasteiger partial charge < -0.3 is 20.0 Å². The van der Waals surface area contributed by atoms with Gasteiger partial charge in [0.1, 0.15) is 0 Å². The van der Waals surface area contributed by atoms with Crippen molar-refractivity contribution < 1.29 is 9.59 Å². The van der Waals surface area contributed by atoms with Crippen LogP contribution in [0, 0.1) is 0 Å². The van der Waals surface area contributed by atoms with Gasteiger partial charge in [-0.15, -0.1) is 0 Å². The van der Waals surface area contributed by atoms with Crippen LogP contribution in [0.15, 0.2) is 18.2 Å². The van der Waals surface area contributed by atoms with Crippen LogP contribution in [0.3, 0.4) is 0 Å². The number of nitrogens with zero attached hydrogens (tertiary/aromatic N) is 3. The fourth-order valence-electron chi connectivity index (χ4n) is 3.01. The van der Waals surface area contributed by atoms with Crippen molar-refractivity contribution in [2.45, 2.75) is 12.8 Å². The number of urea groups is 1. The maximum absolute atomic E-state index is 12.0. The summed E-state index contributed by atoms with van der Waals surface area (Å²) in [5.41, 5.74) is 3.30. The van der Waals surface area contributed by atoms with Gasteiger partial charge >= 0.3 is 6.03 Å². The maximum Gasteiger partial charge on any atom is 0.319 e. The first kappa shape index (κ1) is 14.7. The molecule has 0 spiro atoms. The molecule has 1 fully saturated rings. The first-order chi connectivity index (χ1) is 10.5. The number of nitrogens with one attached hydrogen (secondary N) is 1. The molecule has 0 bridgehead atoms. The zero-order valence-electron chi connectivity index (χ0n) is 13.1. The molecule has 3 rings (SSSR count). The summed E-state index contributed by atoms with van der Waals surface area (Å²) in [7, 11) is 3.57. The monoisotopic (exact) mass is 302 g/mol. The average molecular weight is 302 g/mol. The lowest BCUT2D eigenvalue weighted by Gasteiger charge is -2.37. The van der Waals surface area contributed by atoms with E-state index in [0.29, 0.717) is 6.42 Å². The van der Waals surface area contributed by atoms with Gasteiger partial charge in [-0.25, -0.2) is 4.79 Å². The normalized spacial score (nSPS) is 17.8. The van der Waals surface area contributed by atoms with Crippen LogP contribution in [0.2, 0.25) is 0 Å². The highest BCUT2D eigenvalue weighted by Crippen LogP contribution is 2.28. The van der Waals surface area contributed by atoms with Crippen molar-refractivity contribution in [3.05, 3.63) is 23.8 Å². The summed E-state index contributed by atoms with van der Waals surface area (Å²) < 4.78 is 0. The van der Waals surface area contributed by atoms with Gasteiger partial charge in [-0.05, 0) is 30.2 Å². The summed E-state index contributed by atoms with van der Waals surface area (Å²) in [5.74, 6) is 0.0936. The van der Waals surface area contributed by atoms with Crippen LogP contribution in [-0.2, 0) is 11.2 Å². The van der Waals surface area contributed by atoms with Crippen molar-refractivity contribution >= 4 is 23.3 Å². The third kappa shape index (κ3) is 2.86. The van der Waals surface area contributed by atoms with E-state index in [2.05, 4.69) is 16.3 Å². The van der Waals surface area contributed by atoms with Crippen molar-refractivity contribution in [1.82, 2.24) is 9.80 Å². The van der Waals surface area contributed by atoms with Crippen LogP contribution >= 0.6 is 0 Å². The molecule has 22 heavy (non-hydrogen) atoms. The molecule has 1 saturated heterocycles. The zero-order valence-corrected chi connectivity index (χ0v) is 13.1. The highest BCUT2D eigenvalue weighted by molar-refractivity contribution is 5.94. The number of aryl methyl sites for hydroxylation is 1. The lowest BCUT2D eigenvalue weighted by molar-refractivity contribution is -0.116. The van der Waals surface area contributed by atoms with Crippen molar-refractivity contribution in [2.75, 3.05) is 50.5 Å². The first-order valence-corrected chi connectivity index (χ1v) is 7.68. The Morgan fingerprint density at radius 3 is 2.55 bits per heavy atom. The number of anilines is 2. The van der Waals surface area contributed by atoms with Crippen LogP contribution in [0.1, 0.15) is 12.0 Å². The molecule has 1 aromatic rings. The summed E-state index contributed by atoms with van der Waals surface area (Å²) in [6, 6.07) is 6.28. The van der Waals surface area contributed by atoms with Gasteiger partial charge in [-0.2, -0.15) is 0 Å². The molecule has 118 valence electrons. The zero-order chi connectivity index (χ0) is 15.7. The van der Waals surface area contributed by atoms with Gasteiger partial charge in [0.2, 0.25) is 5.91 Å². The summed E-state index contributed by atoms with van der Waals surface area (Å²) in [4.78, 5) is 29.2. The van der Waals surface area contributed by atoms with E-state index < -0.39 is 0 Å². The Hall–Kier alpha value is -2.24. The van der Waals surface area contributed by atoms with E-state index in [9.17, 15) is 9.59 Å². The third-order valence-electron chi connectivity index (χ3n) is 4.28. The van der Waals surface area contributed by atoms with E-state index in [1.165, 1.54) is 11.3 Å². The minimum atomic E-state index is 0.0767. The van der Waals surface area contributed by atoms with Crippen molar-refractivity contribution in [3.8, 4) is 0 Å². The van der Waals surface area contributed by atoms with Crippen molar-refractivity contribution in [1.29, 1.82) is 0 Å². The maximum atomic E-state index is 12.0. The van der Waals surface area contributed by atoms with Crippen molar-refractivity contribution in [3.63, 3.8) is 0 Å². The van der Waals surface area contributed by atoms with E-state index in [1.54, 1.807) is 19.0 Å². The molecule has 6 nitrogen and oxygen atoms in total. The fourth-order valence-corrected chi connectivity index (χ4v) is 3.01. The summed E-state index contributed by atoms with van der Waals surface area (Å²) in [6.45, 7) is 3.16. The second-order valence-corrected chi connectivity index (χ2v) is 6.04. The van der Waals surface area contributed by atoms with Crippen LogP contribution in [0.25, 0.3) is 0 Å². The molecule has 2 heterocycles. The first-order valence-electron chi connectivity index (χ1n) is 7.68. The van der Waals surface area contributed by atoms with Gasteiger partial charge in [-0.3, -0.25) is 4.79 Å². The largest absolute Gasteiger partial charge is 0.368 e. The van der Waals surface area contributed by atoms with Crippen LogP contribution < -0.4 is 10.2 Å². The Kier molecular flexibility index (Phi) is 3.92. The molecule has 0 radical (unpaired) electrons. The number of amides is 3. The second kappa shape index (κ2) is 5.87. The van der Waals surface area contributed by atoms with Gasteiger partial charge in [-0.1, -0.05) is 0 Å². The van der Waals surface area contributed by atoms with Crippen LogP contribution in [0.4, 0.5) is 16.2 Å². The van der Waals surface area contributed by atoms with E-state index in [-0.39, 0.29) is 11.9 Å². The van der Waals surface area contributed by atoms with Crippen LogP contribution in [-0.4, -0.2) is 62.0 Å². The van der Waals surface area contributed by atoms with Crippen molar-refractivity contribution in [2.24, 2.45) is 0 Å². The summed E-state index contributed by atoms with van der Waals surface area (Å²) >= 11 is 0. The minimum absolute atomic E-state index is 0.0767. The lowest BCUT2D eigenvalue weighted by atomic mass is 10.0. The van der Waals surface area contributed by atoms with Gasteiger partial charge in [0.15, 0.2) is 0 Å². The molecule has 1 N–H and O–H groups in total. The topological polar surface area (TPSA) is 55.9 Å². The molecule has 2 aliphatic rings. The molecule has 1 aromatic carbocycles. The number of carbonyl (C=O) groups is 2. The molecule has 3 amide bonds. The van der Waals surface area contributed by atoms with Gasteiger partial charge in [0.05, 0.1) is 0 Å². The molecule has 0 aliphatic carbocycles. The lowest BCUT2D eigenvalue weighted by Crippen LogP contribution is -2.51. The minimum Gasteiger partial charge on any atom is -0.368 e. The summed E-state index contributed by atoms with van der Waals surface area (Å²) in [5, 5.41) is 2.91. The Bertz CT molecular complexity index is 592.